The number of aromatic nitrogens is 3. The third-order valence-electron chi connectivity index (χ3n) is 3.59. The number of amides is 1. The number of likely N-dealkylation sites (N-methyl/N-ethyl adjacent to an activating group) is 1. The Hall–Kier alpha value is -2.58. The minimum Gasteiger partial charge on any atom is -0.338 e. The normalized spacial score (nSPS) is 10.9. The molecule has 3 aromatic rings. The molecule has 1 N–H and O–H groups in total. The highest BCUT2D eigenvalue weighted by molar-refractivity contribution is 9.10. The average Bonchev–Trinajstić information content (AvgIpc) is 3.05. The molecule has 7 nitrogen and oxygen atoms in total. The van der Waals surface area contributed by atoms with Gasteiger partial charge in [0.25, 0.3) is 0 Å². The first kappa shape index (κ1) is 18.2. The minimum atomic E-state index is -0.166. The maximum Gasteiger partial charge on any atom is 0.241 e. The second-order valence-electron chi connectivity index (χ2n) is 5.96. The molecule has 0 spiro atoms. The molecule has 0 fully saturated rings. The minimum absolute atomic E-state index is 0.166. The van der Waals surface area contributed by atoms with Gasteiger partial charge in [-0.05, 0) is 42.0 Å². The van der Waals surface area contributed by atoms with Gasteiger partial charge in [-0.1, -0.05) is 35.0 Å². The van der Waals surface area contributed by atoms with E-state index >= 15 is 0 Å². The van der Waals surface area contributed by atoms with Crippen LogP contribution in [-0.2, 0) is 11.3 Å². The van der Waals surface area contributed by atoms with E-state index in [1.54, 1.807) is 17.2 Å². The SMILES string of the molecule is Cc1ccc(-c2noc(CN(C)CC(=O)Nc3ccc(Br)cn3)n2)cc1. The van der Waals surface area contributed by atoms with Crippen molar-refractivity contribution in [3.05, 3.63) is 58.5 Å². The second kappa shape index (κ2) is 8.20. The Kier molecular flexibility index (Phi) is 5.75. The van der Waals surface area contributed by atoms with Crippen LogP contribution in [0.1, 0.15) is 11.5 Å². The topological polar surface area (TPSA) is 84.2 Å². The Morgan fingerprint density at radius 2 is 2.00 bits per heavy atom. The standard InChI is InChI=1S/C18H18BrN5O2/c1-12-3-5-13(6-4-12)18-22-17(26-23-18)11-24(2)10-16(25)21-15-8-7-14(19)9-20-15/h3-9H,10-11H2,1-2H3,(H,20,21,25). The van der Waals surface area contributed by atoms with Crippen LogP contribution in [0.25, 0.3) is 11.4 Å². The molecule has 0 aliphatic heterocycles. The van der Waals surface area contributed by atoms with Gasteiger partial charge in [-0.2, -0.15) is 4.98 Å². The number of halogens is 1. The average molecular weight is 416 g/mol. The van der Waals surface area contributed by atoms with E-state index in [-0.39, 0.29) is 12.5 Å². The zero-order valence-electron chi connectivity index (χ0n) is 14.4. The number of nitrogens with zero attached hydrogens (tertiary/aromatic N) is 4. The largest absolute Gasteiger partial charge is 0.338 e. The Morgan fingerprint density at radius 3 is 2.69 bits per heavy atom. The zero-order chi connectivity index (χ0) is 18.5. The highest BCUT2D eigenvalue weighted by Gasteiger charge is 2.13. The Morgan fingerprint density at radius 1 is 1.23 bits per heavy atom. The molecule has 0 aliphatic rings. The lowest BCUT2D eigenvalue weighted by atomic mass is 10.1. The van der Waals surface area contributed by atoms with Crippen LogP contribution >= 0.6 is 15.9 Å². The van der Waals surface area contributed by atoms with Crippen molar-refractivity contribution >= 4 is 27.7 Å². The number of nitrogens with one attached hydrogen (secondary N) is 1. The molecular formula is C18H18BrN5O2. The molecule has 0 aliphatic carbocycles. The van der Waals surface area contributed by atoms with Gasteiger partial charge in [-0.25, -0.2) is 4.98 Å². The van der Waals surface area contributed by atoms with Crippen LogP contribution in [0.2, 0.25) is 0 Å². The van der Waals surface area contributed by atoms with E-state index in [0.29, 0.717) is 24.1 Å². The number of hydrogen-bond acceptors (Lipinski definition) is 6. The number of aryl methyl sites for hydroxylation is 1. The zero-order valence-corrected chi connectivity index (χ0v) is 16.0. The number of carbonyl (C=O) groups is 1. The summed E-state index contributed by atoms with van der Waals surface area (Å²) in [6.45, 7) is 2.58. The van der Waals surface area contributed by atoms with Crippen molar-refractivity contribution in [2.75, 3.05) is 18.9 Å². The molecule has 134 valence electrons. The van der Waals surface area contributed by atoms with Crippen LogP contribution in [0.5, 0.6) is 0 Å². The lowest BCUT2D eigenvalue weighted by molar-refractivity contribution is -0.117. The summed E-state index contributed by atoms with van der Waals surface area (Å²) in [5.41, 5.74) is 2.07. The summed E-state index contributed by atoms with van der Waals surface area (Å²) in [4.78, 5) is 22.4. The van der Waals surface area contributed by atoms with Crippen LogP contribution in [0.3, 0.4) is 0 Å². The first-order chi connectivity index (χ1) is 12.5. The lowest BCUT2D eigenvalue weighted by Crippen LogP contribution is -2.30. The molecule has 26 heavy (non-hydrogen) atoms. The smallest absolute Gasteiger partial charge is 0.241 e. The first-order valence-electron chi connectivity index (χ1n) is 7.99. The van der Waals surface area contributed by atoms with Gasteiger partial charge >= 0.3 is 0 Å². The Labute approximate surface area is 159 Å². The summed E-state index contributed by atoms with van der Waals surface area (Å²) in [6.07, 6.45) is 1.63. The van der Waals surface area contributed by atoms with E-state index in [1.807, 2.05) is 44.3 Å². The van der Waals surface area contributed by atoms with Crippen LogP contribution < -0.4 is 5.32 Å². The van der Waals surface area contributed by atoms with E-state index in [0.717, 1.165) is 10.0 Å². The number of hydrogen-bond donors (Lipinski definition) is 1. The van der Waals surface area contributed by atoms with E-state index in [2.05, 4.69) is 36.4 Å². The third kappa shape index (κ3) is 4.96. The number of pyridine rings is 1. The van der Waals surface area contributed by atoms with Gasteiger partial charge in [-0.15, -0.1) is 0 Å². The highest BCUT2D eigenvalue weighted by atomic mass is 79.9. The summed E-state index contributed by atoms with van der Waals surface area (Å²) >= 11 is 3.30. The third-order valence-corrected chi connectivity index (χ3v) is 4.06. The van der Waals surface area contributed by atoms with Crippen LogP contribution in [-0.4, -0.2) is 39.5 Å². The van der Waals surface area contributed by atoms with E-state index in [4.69, 9.17) is 4.52 Å². The van der Waals surface area contributed by atoms with Gasteiger partial charge in [0.05, 0.1) is 13.1 Å². The van der Waals surface area contributed by atoms with Crippen LogP contribution in [0, 0.1) is 6.92 Å². The van der Waals surface area contributed by atoms with Crippen LogP contribution in [0.15, 0.2) is 51.6 Å². The van der Waals surface area contributed by atoms with Gasteiger partial charge in [0.15, 0.2) is 0 Å². The molecule has 2 heterocycles. The fourth-order valence-corrected chi connectivity index (χ4v) is 2.54. The molecule has 0 saturated heterocycles. The van der Waals surface area contributed by atoms with E-state index in [9.17, 15) is 4.79 Å². The highest BCUT2D eigenvalue weighted by Crippen LogP contribution is 2.17. The fourth-order valence-electron chi connectivity index (χ4n) is 2.30. The summed E-state index contributed by atoms with van der Waals surface area (Å²) < 4.78 is 6.14. The summed E-state index contributed by atoms with van der Waals surface area (Å²) in [7, 11) is 1.81. The van der Waals surface area contributed by atoms with Gasteiger partial charge in [0.2, 0.25) is 17.6 Å². The quantitative estimate of drug-likeness (QED) is 0.664. The summed E-state index contributed by atoms with van der Waals surface area (Å²) in [5, 5.41) is 6.74. The monoisotopic (exact) mass is 415 g/mol. The van der Waals surface area contributed by atoms with Crippen molar-refractivity contribution in [2.45, 2.75) is 13.5 Å². The van der Waals surface area contributed by atoms with Gasteiger partial charge < -0.3 is 9.84 Å². The number of anilines is 1. The van der Waals surface area contributed by atoms with Gasteiger partial charge in [0, 0.05) is 16.2 Å². The van der Waals surface area contributed by atoms with Crippen LogP contribution in [0.4, 0.5) is 5.82 Å². The summed E-state index contributed by atoms with van der Waals surface area (Å²) in [6, 6.07) is 11.4. The Balaban J connectivity index is 1.54. The molecule has 2 aromatic heterocycles. The van der Waals surface area contributed by atoms with Crippen molar-refractivity contribution in [2.24, 2.45) is 0 Å². The van der Waals surface area contributed by atoms with Gasteiger partial charge in [-0.3, -0.25) is 9.69 Å². The number of rotatable bonds is 6. The predicted octanol–water partition coefficient (Wildman–Crippen LogP) is 3.27. The maximum atomic E-state index is 12.1. The first-order valence-corrected chi connectivity index (χ1v) is 8.78. The van der Waals surface area contributed by atoms with Crippen molar-refractivity contribution in [1.82, 2.24) is 20.0 Å². The number of carbonyl (C=O) groups excluding carboxylic acids is 1. The summed E-state index contributed by atoms with van der Waals surface area (Å²) in [5.74, 6) is 1.33. The predicted molar refractivity (Wildman–Crippen MR) is 101 cm³/mol. The molecule has 0 bridgehead atoms. The lowest BCUT2D eigenvalue weighted by Gasteiger charge is -2.13. The van der Waals surface area contributed by atoms with E-state index in [1.165, 1.54) is 5.56 Å². The maximum absolute atomic E-state index is 12.1. The molecule has 1 amide bonds. The molecular weight excluding hydrogens is 398 g/mol. The molecule has 0 saturated carbocycles. The van der Waals surface area contributed by atoms with E-state index < -0.39 is 0 Å². The van der Waals surface area contributed by atoms with Gasteiger partial charge in [0.1, 0.15) is 5.82 Å². The molecule has 0 atom stereocenters. The van der Waals surface area contributed by atoms with Crippen molar-refractivity contribution in [1.29, 1.82) is 0 Å². The second-order valence-corrected chi connectivity index (χ2v) is 6.88. The molecule has 8 heteroatoms. The Bertz CT molecular complexity index is 877. The van der Waals surface area contributed by atoms with Crippen molar-refractivity contribution in [3.8, 4) is 11.4 Å². The molecule has 0 unspecified atom stereocenters. The molecule has 1 aromatic carbocycles. The molecule has 0 radical (unpaired) electrons. The number of benzene rings is 1. The molecule has 3 rings (SSSR count). The van der Waals surface area contributed by atoms with Crippen molar-refractivity contribution < 1.29 is 9.32 Å². The van der Waals surface area contributed by atoms with Crippen molar-refractivity contribution in [3.63, 3.8) is 0 Å². The fraction of sp³-hybridized carbons (Fsp3) is 0.222.